The van der Waals surface area contributed by atoms with Gasteiger partial charge in [0, 0.05) is 11.8 Å². The Labute approximate surface area is 155 Å². The molecule has 3 rings (SSSR count). The summed E-state index contributed by atoms with van der Waals surface area (Å²) in [6.45, 7) is 8.94. The molecular formula is C22H27NOS. The van der Waals surface area contributed by atoms with Crippen molar-refractivity contribution in [3.05, 3.63) is 64.1 Å². The molecule has 1 unspecified atom stereocenters. The van der Waals surface area contributed by atoms with Crippen molar-refractivity contribution >= 4 is 11.8 Å². The lowest BCUT2D eigenvalue weighted by molar-refractivity contribution is 0.415. The van der Waals surface area contributed by atoms with Crippen molar-refractivity contribution in [2.75, 3.05) is 20.2 Å². The van der Waals surface area contributed by atoms with Crippen molar-refractivity contribution in [2.45, 2.75) is 32.4 Å². The molecule has 132 valence electrons. The largest absolute Gasteiger partial charge is 0.497 e. The summed E-state index contributed by atoms with van der Waals surface area (Å²) in [5, 5.41) is 3.93. The molecule has 2 nitrogen and oxygen atoms in total. The van der Waals surface area contributed by atoms with Crippen LogP contribution in [-0.2, 0) is 0 Å². The molecule has 1 heterocycles. The number of rotatable bonds is 5. The second-order valence-corrected chi connectivity index (χ2v) is 8.08. The van der Waals surface area contributed by atoms with E-state index < -0.39 is 0 Å². The fourth-order valence-electron chi connectivity index (χ4n) is 3.38. The minimum atomic E-state index is 0.440. The molecule has 3 heteroatoms. The van der Waals surface area contributed by atoms with Gasteiger partial charge in [-0.25, -0.2) is 0 Å². The van der Waals surface area contributed by atoms with Crippen LogP contribution in [0.4, 0.5) is 0 Å². The molecule has 1 N–H and O–H groups in total. The van der Waals surface area contributed by atoms with E-state index in [9.17, 15) is 0 Å². The summed E-state index contributed by atoms with van der Waals surface area (Å²) in [4.78, 5) is 1.50. The molecule has 2 aromatic rings. The first-order chi connectivity index (χ1) is 12.1. The third-order valence-electron chi connectivity index (χ3n) is 4.95. The van der Waals surface area contributed by atoms with Gasteiger partial charge < -0.3 is 10.1 Å². The first-order valence-electron chi connectivity index (χ1n) is 8.90. The van der Waals surface area contributed by atoms with Crippen LogP contribution in [0.1, 0.15) is 36.6 Å². The van der Waals surface area contributed by atoms with E-state index in [1.54, 1.807) is 7.11 Å². The maximum atomic E-state index is 5.39. The minimum Gasteiger partial charge on any atom is -0.497 e. The Hall–Kier alpha value is -1.71. The van der Waals surface area contributed by atoms with Gasteiger partial charge >= 0.3 is 0 Å². The molecule has 0 bridgehead atoms. The maximum absolute atomic E-state index is 5.39. The molecule has 1 atom stereocenters. The number of methoxy groups -OCH3 is 1. The second-order valence-electron chi connectivity index (χ2n) is 6.64. The molecule has 1 aliphatic heterocycles. The zero-order valence-electron chi connectivity index (χ0n) is 15.6. The van der Waals surface area contributed by atoms with E-state index in [2.05, 4.69) is 62.5 Å². The lowest BCUT2D eigenvalue weighted by Crippen LogP contribution is -2.23. The van der Waals surface area contributed by atoms with E-state index in [0.29, 0.717) is 5.25 Å². The molecule has 0 radical (unpaired) electrons. The van der Waals surface area contributed by atoms with E-state index >= 15 is 0 Å². The molecule has 0 spiro atoms. The third-order valence-corrected chi connectivity index (χ3v) is 6.34. The van der Waals surface area contributed by atoms with Crippen LogP contribution >= 0.6 is 11.8 Å². The van der Waals surface area contributed by atoms with Crippen molar-refractivity contribution < 1.29 is 4.74 Å². The zero-order chi connectivity index (χ0) is 17.8. The average Bonchev–Trinajstić information content (AvgIpc) is 2.63. The number of nitrogens with one attached hydrogen (secondary N) is 1. The highest BCUT2D eigenvalue weighted by atomic mass is 32.2. The molecular weight excluding hydrogens is 326 g/mol. The van der Waals surface area contributed by atoms with Gasteiger partial charge in [0.2, 0.25) is 0 Å². The van der Waals surface area contributed by atoms with Gasteiger partial charge in [-0.05, 0) is 73.0 Å². The number of thioether (sulfide) groups is 1. The first-order valence-corrected chi connectivity index (χ1v) is 9.78. The number of ether oxygens (including phenoxy) is 1. The Morgan fingerprint density at radius 1 is 1.12 bits per heavy atom. The smallest absolute Gasteiger partial charge is 0.119 e. The molecule has 0 aliphatic carbocycles. The zero-order valence-corrected chi connectivity index (χ0v) is 16.4. The summed E-state index contributed by atoms with van der Waals surface area (Å²) in [5.41, 5.74) is 6.81. The predicted molar refractivity (Wildman–Crippen MR) is 109 cm³/mol. The maximum Gasteiger partial charge on any atom is 0.119 e. The van der Waals surface area contributed by atoms with Crippen molar-refractivity contribution in [3.63, 3.8) is 0 Å². The third kappa shape index (κ3) is 4.10. The van der Waals surface area contributed by atoms with Gasteiger partial charge in [-0.15, -0.1) is 11.8 Å². The van der Waals surface area contributed by atoms with Crippen molar-refractivity contribution in [2.24, 2.45) is 0 Å². The lowest BCUT2D eigenvalue weighted by atomic mass is 9.95. The number of hydrogen-bond acceptors (Lipinski definition) is 3. The number of hydrogen-bond donors (Lipinski definition) is 1. The molecule has 0 amide bonds. The highest BCUT2D eigenvalue weighted by molar-refractivity contribution is 8.03. The quantitative estimate of drug-likeness (QED) is 0.741. The van der Waals surface area contributed by atoms with Gasteiger partial charge in [-0.3, -0.25) is 0 Å². The summed E-state index contributed by atoms with van der Waals surface area (Å²) in [6, 6.07) is 15.0. The van der Waals surface area contributed by atoms with Crippen LogP contribution < -0.4 is 10.1 Å². The molecule has 0 saturated carbocycles. The van der Waals surface area contributed by atoms with Gasteiger partial charge in [0.15, 0.2) is 0 Å². The lowest BCUT2D eigenvalue weighted by Gasteiger charge is -2.23. The van der Waals surface area contributed by atoms with E-state index in [0.717, 1.165) is 25.3 Å². The molecule has 1 aliphatic rings. The van der Waals surface area contributed by atoms with Crippen LogP contribution in [0.15, 0.2) is 52.9 Å². The van der Waals surface area contributed by atoms with E-state index in [1.165, 1.54) is 32.7 Å². The first kappa shape index (κ1) is 18.1. The SMILES string of the molecule is COc1cccc(-c2cccc(C(C)SC3=C(C)CCNC3)c2C)c1. The summed E-state index contributed by atoms with van der Waals surface area (Å²) >= 11 is 2.00. The Kier molecular flexibility index (Phi) is 5.87. The molecule has 0 saturated heterocycles. The highest BCUT2D eigenvalue weighted by Gasteiger charge is 2.17. The van der Waals surface area contributed by atoms with Gasteiger partial charge in [-0.2, -0.15) is 0 Å². The Balaban J connectivity index is 1.90. The van der Waals surface area contributed by atoms with Crippen LogP contribution in [0.3, 0.4) is 0 Å². The molecule has 25 heavy (non-hydrogen) atoms. The molecule has 2 aromatic carbocycles. The Morgan fingerprint density at radius 2 is 1.92 bits per heavy atom. The van der Waals surface area contributed by atoms with Crippen LogP contribution in [-0.4, -0.2) is 20.2 Å². The van der Waals surface area contributed by atoms with Crippen molar-refractivity contribution in [1.29, 1.82) is 0 Å². The average molecular weight is 354 g/mol. The molecule has 0 fully saturated rings. The molecule has 0 aromatic heterocycles. The van der Waals surface area contributed by atoms with E-state index in [1.807, 2.05) is 17.8 Å². The van der Waals surface area contributed by atoms with Gasteiger partial charge in [0.25, 0.3) is 0 Å². The summed E-state index contributed by atoms with van der Waals surface area (Å²) in [5.74, 6) is 0.902. The Bertz CT molecular complexity index is 781. The number of benzene rings is 2. The second kappa shape index (κ2) is 8.11. The van der Waals surface area contributed by atoms with Crippen LogP contribution in [0.5, 0.6) is 5.75 Å². The summed E-state index contributed by atoms with van der Waals surface area (Å²) < 4.78 is 5.39. The van der Waals surface area contributed by atoms with Gasteiger partial charge in [0.1, 0.15) is 5.75 Å². The standard InChI is InChI=1S/C22H27NOS/c1-15-11-12-23-14-22(15)25-17(3)20-9-6-10-21(16(20)2)18-7-5-8-19(13-18)24-4/h5-10,13,17,23H,11-12,14H2,1-4H3. The van der Waals surface area contributed by atoms with E-state index in [-0.39, 0.29) is 0 Å². The van der Waals surface area contributed by atoms with Gasteiger partial charge in [0.05, 0.1) is 7.11 Å². The van der Waals surface area contributed by atoms with Gasteiger partial charge in [-0.1, -0.05) is 35.9 Å². The topological polar surface area (TPSA) is 21.3 Å². The monoisotopic (exact) mass is 353 g/mol. The normalized spacial score (nSPS) is 16.0. The highest BCUT2D eigenvalue weighted by Crippen LogP contribution is 2.40. The van der Waals surface area contributed by atoms with Crippen molar-refractivity contribution in [1.82, 2.24) is 5.32 Å². The fourth-order valence-corrected chi connectivity index (χ4v) is 4.68. The van der Waals surface area contributed by atoms with Crippen LogP contribution in [0.25, 0.3) is 11.1 Å². The van der Waals surface area contributed by atoms with Crippen LogP contribution in [0, 0.1) is 6.92 Å². The van der Waals surface area contributed by atoms with Crippen LogP contribution in [0.2, 0.25) is 0 Å². The summed E-state index contributed by atoms with van der Waals surface area (Å²) in [6.07, 6.45) is 1.16. The van der Waals surface area contributed by atoms with E-state index in [4.69, 9.17) is 4.74 Å². The minimum absolute atomic E-state index is 0.440. The Morgan fingerprint density at radius 3 is 2.68 bits per heavy atom. The predicted octanol–water partition coefficient (Wildman–Crippen LogP) is 5.73. The fraction of sp³-hybridized carbons (Fsp3) is 0.364. The summed E-state index contributed by atoms with van der Waals surface area (Å²) in [7, 11) is 1.72. The van der Waals surface area contributed by atoms with Crippen molar-refractivity contribution in [3.8, 4) is 16.9 Å².